The molecule has 0 N–H and O–H groups in total. The molecule has 0 saturated carbocycles. The van der Waals surface area contributed by atoms with Gasteiger partial charge in [-0.25, -0.2) is 0 Å². The second kappa shape index (κ2) is 8.87. The van der Waals surface area contributed by atoms with Crippen LogP contribution in [0.15, 0.2) is 24.3 Å². The van der Waals surface area contributed by atoms with Crippen molar-refractivity contribution in [1.29, 1.82) is 0 Å². The summed E-state index contributed by atoms with van der Waals surface area (Å²) in [5.41, 5.74) is 1.50. The molecule has 0 spiro atoms. The van der Waals surface area contributed by atoms with Crippen LogP contribution in [-0.2, 0) is 19.1 Å². The van der Waals surface area contributed by atoms with E-state index in [0.717, 1.165) is 5.56 Å². The predicted octanol–water partition coefficient (Wildman–Crippen LogP) is 2.10. The molecule has 1 aromatic rings. The molecule has 0 aliphatic heterocycles. The van der Waals surface area contributed by atoms with Gasteiger partial charge in [0.15, 0.2) is 5.92 Å². The van der Waals surface area contributed by atoms with Crippen molar-refractivity contribution < 1.29 is 24.0 Å². The number of nitro groups is 1. The monoisotopic (exact) mass is 323 g/mol. The Morgan fingerprint density at radius 3 is 1.96 bits per heavy atom. The minimum absolute atomic E-state index is 0.0772. The van der Waals surface area contributed by atoms with Crippen LogP contribution in [0, 0.1) is 23.0 Å². The number of benzene rings is 1. The Morgan fingerprint density at radius 2 is 1.57 bits per heavy atom. The number of aryl methyl sites for hydroxylation is 1. The molecular formula is C16H21NO6. The molecule has 1 aromatic carbocycles. The summed E-state index contributed by atoms with van der Waals surface area (Å²) in [7, 11) is 0. The highest BCUT2D eigenvalue weighted by Crippen LogP contribution is 2.28. The Morgan fingerprint density at radius 1 is 1.09 bits per heavy atom. The first kappa shape index (κ1) is 18.6. The van der Waals surface area contributed by atoms with Crippen molar-refractivity contribution in [2.45, 2.75) is 26.7 Å². The SMILES string of the molecule is CCOC(=O)C(C(=O)OCC)C(C[N+](=O)[O-])c1ccc(C)cc1. The predicted molar refractivity (Wildman–Crippen MR) is 82.5 cm³/mol. The lowest BCUT2D eigenvalue weighted by Gasteiger charge is -2.21. The molecule has 0 bridgehead atoms. The topological polar surface area (TPSA) is 95.7 Å². The quantitative estimate of drug-likeness (QED) is 0.314. The molecule has 0 aliphatic carbocycles. The van der Waals surface area contributed by atoms with E-state index in [1.807, 2.05) is 6.92 Å². The molecule has 1 atom stereocenters. The van der Waals surface area contributed by atoms with Crippen LogP contribution in [0.5, 0.6) is 0 Å². The first-order valence-corrected chi connectivity index (χ1v) is 7.42. The number of ether oxygens (including phenoxy) is 2. The van der Waals surface area contributed by atoms with Crippen LogP contribution in [0.2, 0.25) is 0 Å². The molecule has 0 aromatic heterocycles. The van der Waals surface area contributed by atoms with Crippen LogP contribution in [0.4, 0.5) is 0 Å². The van der Waals surface area contributed by atoms with E-state index in [1.54, 1.807) is 38.1 Å². The number of esters is 2. The second-order valence-corrected chi connectivity index (χ2v) is 5.01. The summed E-state index contributed by atoms with van der Waals surface area (Å²) in [4.78, 5) is 34.8. The van der Waals surface area contributed by atoms with Crippen molar-refractivity contribution in [3.8, 4) is 0 Å². The third kappa shape index (κ3) is 5.36. The average molecular weight is 323 g/mol. The first-order chi connectivity index (χ1) is 10.9. The molecule has 7 heteroatoms. The number of hydrogen-bond donors (Lipinski definition) is 0. The van der Waals surface area contributed by atoms with Gasteiger partial charge < -0.3 is 9.47 Å². The Balaban J connectivity index is 3.24. The summed E-state index contributed by atoms with van der Waals surface area (Å²) >= 11 is 0. The fraction of sp³-hybridized carbons (Fsp3) is 0.500. The summed E-state index contributed by atoms with van der Waals surface area (Å²) in [6.07, 6.45) is 0. The summed E-state index contributed by atoms with van der Waals surface area (Å²) in [6.45, 7) is 4.68. The van der Waals surface area contributed by atoms with Crippen molar-refractivity contribution >= 4 is 11.9 Å². The van der Waals surface area contributed by atoms with Crippen molar-refractivity contribution in [3.63, 3.8) is 0 Å². The van der Waals surface area contributed by atoms with Gasteiger partial charge in [0.05, 0.1) is 19.1 Å². The lowest BCUT2D eigenvalue weighted by Crippen LogP contribution is -2.36. The van der Waals surface area contributed by atoms with E-state index in [0.29, 0.717) is 5.56 Å². The fourth-order valence-corrected chi connectivity index (χ4v) is 2.27. The van der Waals surface area contributed by atoms with Gasteiger partial charge in [0.1, 0.15) is 0 Å². The molecule has 0 heterocycles. The largest absolute Gasteiger partial charge is 0.465 e. The maximum absolute atomic E-state index is 12.2. The van der Waals surface area contributed by atoms with Crippen LogP contribution < -0.4 is 0 Å². The van der Waals surface area contributed by atoms with Gasteiger partial charge in [-0.15, -0.1) is 0 Å². The zero-order valence-electron chi connectivity index (χ0n) is 13.5. The number of carbonyl (C=O) groups excluding carboxylic acids is 2. The zero-order valence-corrected chi connectivity index (χ0v) is 13.5. The smallest absolute Gasteiger partial charge is 0.321 e. The molecule has 0 amide bonds. The third-order valence-corrected chi connectivity index (χ3v) is 3.33. The summed E-state index contributed by atoms with van der Waals surface area (Å²) < 4.78 is 9.83. The minimum atomic E-state index is -1.36. The van der Waals surface area contributed by atoms with Gasteiger partial charge in [-0.2, -0.15) is 0 Å². The molecule has 23 heavy (non-hydrogen) atoms. The Labute approximate surface area is 134 Å². The van der Waals surface area contributed by atoms with Crippen molar-refractivity contribution in [1.82, 2.24) is 0 Å². The second-order valence-electron chi connectivity index (χ2n) is 5.01. The summed E-state index contributed by atoms with van der Waals surface area (Å²) in [6, 6.07) is 6.90. The highest BCUT2D eigenvalue weighted by atomic mass is 16.6. The van der Waals surface area contributed by atoms with Gasteiger partial charge in [0.25, 0.3) is 0 Å². The number of hydrogen-bond acceptors (Lipinski definition) is 6. The molecule has 7 nitrogen and oxygen atoms in total. The van der Waals surface area contributed by atoms with E-state index in [4.69, 9.17) is 9.47 Å². The van der Waals surface area contributed by atoms with Crippen molar-refractivity contribution in [2.75, 3.05) is 19.8 Å². The molecular weight excluding hydrogens is 302 g/mol. The van der Waals surface area contributed by atoms with Crippen LogP contribution >= 0.6 is 0 Å². The van der Waals surface area contributed by atoms with E-state index >= 15 is 0 Å². The lowest BCUT2D eigenvalue weighted by molar-refractivity contribution is -0.484. The molecule has 0 fully saturated rings. The lowest BCUT2D eigenvalue weighted by atomic mass is 9.85. The Kier molecular flexibility index (Phi) is 7.18. The van der Waals surface area contributed by atoms with Crippen LogP contribution in [0.25, 0.3) is 0 Å². The van der Waals surface area contributed by atoms with E-state index in [9.17, 15) is 19.7 Å². The molecule has 126 valence electrons. The van der Waals surface area contributed by atoms with Crippen molar-refractivity contribution in [3.05, 3.63) is 45.5 Å². The van der Waals surface area contributed by atoms with Gasteiger partial charge in [-0.1, -0.05) is 29.8 Å². The summed E-state index contributed by atoms with van der Waals surface area (Å²) in [5, 5.41) is 11.0. The van der Waals surface area contributed by atoms with Gasteiger partial charge in [-0.05, 0) is 26.3 Å². The molecule has 0 aliphatic rings. The minimum Gasteiger partial charge on any atom is -0.465 e. The number of nitrogens with zero attached hydrogens (tertiary/aromatic N) is 1. The van der Waals surface area contributed by atoms with E-state index in [1.165, 1.54) is 0 Å². The van der Waals surface area contributed by atoms with Crippen LogP contribution in [-0.4, -0.2) is 36.6 Å². The highest BCUT2D eigenvalue weighted by molar-refractivity contribution is 5.96. The molecule has 0 saturated heterocycles. The normalized spacial score (nSPS) is 11.8. The standard InChI is InChI=1S/C16H21NO6/c1-4-22-15(18)14(16(19)23-5-2)13(10-17(20)21)12-8-6-11(3)7-9-12/h6-9,13-14H,4-5,10H2,1-3H3. The van der Waals surface area contributed by atoms with Crippen LogP contribution in [0.3, 0.4) is 0 Å². The number of carbonyl (C=O) groups is 2. The first-order valence-electron chi connectivity index (χ1n) is 7.42. The fourth-order valence-electron chi connectivity index (χ4n) is 2.27. The van der Waals surface area contributed by atoms with Crippen LogP contribution in [0.1, 0.15) is 30.9 Å². The van der Waals surface area contributed by atoms with Crippen molar-refractivity contribution in [2.24, 2.45) is 5.92 Å². The van der Waals surface area contributed by atoms with E-state index in [-0.39, 0.29) is 13.2 Å². The van der Waals surface area contributed by atoms with Gasteiger partial charge in [0, 0.05) is 4.92 Å². The maximum atomic E-state index is 12.2. The zero-order chi connectivity index (χ0) is 17.4. The van der Waals surface area contributed by atoms with Gasteiger partial charge in [-0.3, -0.25) is 19.7 Å². The molecule has 1 unspecified atom stereocenters. The average Bonchev–Trinajstić information content (AvgIpc) is 2.47. The Hall–Kier alpha value is -2.44. The Bertz CT molecular complexity index is 536. The molecule has 1 rings (SSSR count). The summed E-state index contributed by atoms with van der Waals surface area (Å²) in [5.74, 6) is -3.91. The third-order valence-electron chi connectivity index (χ3n) is 3.33. The maximum Gasteiger partial charge on any atom is 0.321 e. The molecule has 0 radical (unpaired) electrons. The van der Waals surface area contributed by atoms with Gasteiger partial charge >= 0.3 is 11.9 Å². The van der Waals surface area contributed by atoms with Gasteiger partial charge in [0.2, 0.25) is 6.54 Å². The van der Waals surface area contributed by atoms with E-state index in [2.05, 4.69) is 0 Å². The number of rotatable bonds is 8. The van der Waals surface area contributed by atoms with E-state index < -0.39 is 35.2 Å². The highest BCUT2D eigenvalue weighted by Gasteiger charge is 2.41.